The smallest absolute Gasteiger partial charge is 0.392 e. The summed E-state index contributed by atoms with van der Waals surface area (Å²) < 4.78 is 44.8. The van der Waals surface area contributed by atoms with Crippen LogP contribution in [0.2, 0.25) is 0 Å². The van der Waals surface area contributed by atoms with Crippen LogP contribution < -0.4 is 16.0 Å². The van der Waals surface area contributed by atoms with Gasteiger partial charge in [-0.2, -0.15) is 13.2 Å². The number of hydrazine groups is 1. The predicted molar refractivity (Wildman–Crippen MR) is 74.6 cm³/mol. The predicted octanol–water partition coefficient (Wildman–Crippen LogP) is 3.57. The minimum Gasteiger partial charge on any atom is -0.497 e. The van der Waals surface area contributed by atoms with Gasteiger partial charge in [0, 0.05) is 6.04 Å². The average Bonchev–Trinajstić information content (AvgIpc) is 2.48. The summed E-state index contributed by atoms with van der Waals surface area (Å²) in [6, 6.07) is 6.52. The standard InChI is InChI=1S/C15H21F3N2O/c1-21-11-8-6-10(7-9-11)14(20-19)12-4-2-3-5-13(12)15(16,17)18/h6-9,12-14,20H,2-5,19H2,1H3. The molecule has 1 aliphatic carbocycles. The summed E-state index contributed by atoms with van der Waals surface area (Å²) in [5, 5.41) is 0. The zero-order valence-corrected chi connectivity index (χ0v) is 12.0. The fourth-order valence-electron chi connectivity index (χ4n) is 3.24. The number of nitrogens with one attached hydrogen (secondary N) is 1. The normalized spacial score (nSPS) is 24.6. The Morgan fingerprint density at radius 2 is 1.81 bits per heavy atom. The number of halogens is 3. The van der Waals surface area contributed by atoms with Gasteiger partial charge in [0.2, 0.25) is 0 Å². The Balaban J connectivity index is 2.24. The molecule has 0 amide bonds. The van der Waals surface area contributed by atoms with Gasteiger partial charge in [-0.3, -0.25) is 11.3 Å². The first-order valence-corrected chi connectivity index (χ1v) is 7.14. The summed E-state index contributed by atoms with van der Waals surface area (Å²) in [7, 11) is 1.55. The molecule has 3 unspecified atom stereocenters. The molecule has 118 valence electrons. The Morgan fingerprint density at radius 1 is 1.19 bits per heavy atom. The third-order valence-electron chi connectivity index (χ3n) is 4.32. The highest BCUT2D eigenvalue weighted by Crippen LogP contribution is 2.46. The van der Waals surface area contributed by atoms with Gasteiger partial charge >= 0.3 is 6.18 Å². The van der Waals surface area contributed by atoms with Gasteiger partial charge < -0.3 is 4.74 Å². The third-order valence-corrected chi connectivity index (χ3v) is 4.32. The number of hydrogen-bond acceptors (Lipinski definition) is 3. The Hall–Kier alpha value is -1.27. The van der Waals surface area contributed by atoms with E-state index in [9.17, 15) is 13.2 Å². The topological polar surface area (TPSA) is 47.3 Å². The zero-order valence-electron chi connectivity index (χ0n) is 12.0. The van der Waals surface area contributed by atoms with E-state index in [4.69, 9.17) is 10.6 Å². The third kappa shape index (κ3) is 3.68. The van der Waals surface area contributed by atoms with E-state index in [1.165, 1.54) is 0 Å². The Morgan fingerprint density at radius 3 is 2.33 bits per heavy atom. The molecule has 3 atom stereocenters. The highest BCUT2D eigenvalue weighted by Gasteiger charge is 2.47. The monoisotopic (exact) mass is 302 g/mol. The average molecular weight is 302 g/mol. The van der Waals surface area contributed by atoms with Crippen molar-refractivity contribution in [3.05, 3.63) is 29.8 Å². The lowest BCUT2D eigenvalue weighted by molar-refractivity contribution is -0.199. The summed E-state index contributed by atoms with van der Waals surface area (Å²) in [6.07, 6.45) is -2.02. The molecule has 1 aliphatic rings. The Kier molecular flexibility index (Phi) is 5.11. The maximum atomic E-state index is 13.2. The van der Waals surface area contributed by atoms with Crippen LogP contribution in [0.4, 0.5) is 13.2 Å². The van der Waals surface area contributed by atoms with Crippen LogP contribution in [0.1, 0.15) is 37.3 Å². The highest BCUT2D eigenvalue weighted by molar-refractivity contribution is 5.29. The van der Waals surface area contributed by atoms with Gasteiger partial charge in [-0.15, -0.1) is 0 Å². The minimum absolute atomic E-state index is 0.183. The second-order valence-corrected chi connectivity index (χ2v) is 5.51. The number of benzene rings is 1. The molecule has 1 aromatic carbocycles. The number of methoxy groups -OCH3 is 1. The van der Waals surface area contributed by atoms with Gasteiger partial charge in [0.05, 0.1) is 13.0 Å². The molecule has 0 aromatic heterocycles. The van der Waals surface area contributed by atoms with E-state index < -0.39 is 24.1 Å². The highest BCUT2D eigenvalue weighted by atomic mass is 19.4. The molecular formula is C15H21F3N2O. The molecule has 0 radical (unpaired) electrons. The van der Waals surface area contributed by atoms with Crippen LogP contribution >= 0.6 is 0 Å². The van der Waals surface area contributed by atoms with Gasteiger partial charge in [0.1, 0.15) is 5.75 Å². The van der Waals surface area contributed by atoms with Crippen molar-refractivity contribution in [2.45, 2.75) is 37.9 Å². The van der Waals surface area contributed by atoms with Crippen molar-refractivity contribution in [3.8, 4) is 5.75 Å². The molecule has 1 saturated carbocycles. The summed E-state index contributed by atoms with van der Waals surface area (Å²) >= 11 is 0. The molecular weight excluding hydrogens is 281 g/mol. The van der Waals surface area contributed by atoms with Gasteiger partial charge in [-0.05, 0) is 36.5 Å². The summed E-state index contributed by atoms with van der Waals surface area (Å²) in [4.78, 5) is 0. The first kappa shape index (κ1) is 16.1. The van der Waals surface area contributed by atoms with Crippen LogP contribution in [-0.2, 0) is 0 Å². The summed E-state index contributed by atoms with van der Waals surface area (Å²) in [5.41, 5.74) is 3.35. The molecule has 0 saturated heterocycles. The Labute approximate surface area is 122 Å². The first-order valence-electron chi connectivity index (χ1n) is 7.14. The maximum absolute atomic E-state index is 13.2. The lowest BCUT2D eigenvalue weighted by Gasteiger charge is -2.38. The van der Waals surface area contributed by atoms with Gasteiger partial charge in [0.25, 0.3) is 0 Å². The lowest BCUT2D eigenvalue weighted by Crippen LogP contribution is -2.42. The van der Waals surface area contributed by atoms with Crippen LogP contribution in [0.3, 0.4) is 0 Å². The summed E-state index contributed by atoms with van der Waals surface area (Å²) in [6.45, 7) is 0. The van der Waals surface area contributed by atoms with E-state index in [0.717, 1.165) is 12.0 Å². The molecule has 0 bridgehead atoms. The zero-order chi connectivity index (χ0) is 15.5. The van der Waals surface area contributed by atoms with Crippen molar-refractivity contribution >= 4 is 0 Å². The van der Waals surface area contributed by atoms with Crippen molar-refractivity contribution in [1.82, 2.24) is 5.43 Å². The van der Waals surface area contributed by atoms with Crippen molar-refractivity contribution in [2.75, 3.05) is 7.11 Å². The first-order chi connectivity index (χ1) is 9.97. The molecule has 6 heteroatoms. The molecule has 3 N–H and O–H groups in total. The van der Waals surface area contributed by atoms with E-state index in [1.807, 2.05) is 0 Å². The molecule has 0 spiro atoms. The second kappa shape index (κ2) is 6.66. The molecule has 3 nitrogen and oxygen atoms in total. The number of alkyl halides is 3. The number of ether oxygens (including phenoxy) is 1. The molecule has 1 aromatic rings. The second-order valence-electron chi connectivity index (χ2n) is 5.51. The fourth-order valence-corrected chi connectivity index (χ4v) is 3.24. The quantitative estimate of drug-likeness (QED) is 0.660. The molecule has 0 heterocycles. The van der Waals surface area contributed by atoms with Crippen molar-refractivity contribution in [2.24, 2.45) is 17.7 Å². The van der Waals surface area contributed by atoms with E-state index >= 15 is 0 Å². The molecule has 1 fully saturated rings. The number of rotatable bonds is 4. The van der Waals surface area contributed by atoms with Crippen molar-refractivity contribution in [3.63, 3.8) is 0 Å². The minimum atomic E-state index is -4.17. The van der Waals surface area contributed by atoms with Crippen LogP contribution in [0.25, 0.3) is 0 Å². The van der Waals surface area contributed by atoms with Crippen LogP contribution in [0.5, 0.6) is 5.75 Å². The fraction of sp³-hybridized carbons (Fsp3) is 0.600. The van der Waals surface area contributed by atoms with Gasteiger partial charge in [0.15, 0.2) is 0 Å². The van der Waals surface area contributed by atoms with E-state index in [2.05, 4.69) is 5.43 Å². The van der Waals surface area contributed by atoms with Crippen LogP contribution in [-0.4, -0.2) is 13.3 Å². The van der Waals surface area contributed by atoms with Gasteiger partial charge in [-0.25, -0.2) is 0 Å². The number of nitrogens with two attached hydrogens (primary N) is 1. The molecule has 2 rings (SSSR count). The van der Waals surface area contributed by atoms with Gasteiger partial charge in [-0.1, -0.05) is 25.0 Å². The lowest BCUT2D eigenvalue weighted by atomic mass is 9.73. The van der Waals surface area contributed by atoms with E-state index in [-0.39, 0.29) is 6.42 Å². The maximum Gasteiger partial charge on any atom is 0.392 e. The molecule has 21 heavy (non-hydrogen) atoms. The SMILES string of the molecule is COc1ccc(C(NN)C2CCCCC2C(F)(F)F)cc1. The van der Waals surface area contributed by atoms with Crippen molar-refractivity contribution < 1.29 is 17.9 Å². The van der Waals surface area contributed by atoms with E-state index in [0.29, 0.717) is 18.6 Å². The summed E-state index contributed by atoms with van der Waals surface area (Å²) in [5.74, 6) is 4.41. The largest absolute Gasteiger partial charge is 0.497 e. The Bertz CT molecular complexity index is 447. The number of hydrogen-bond donors (Lipinski definition) is 2. The van der Waals surface area contributed by atoms with E-state index in [1.54, 1.807) is 31.4 Å². The van der Waals surface area contributed by atoms with Crippen molar-refractivity contribution in [1.29, 1.82) is 0 Å². The van der Waals surface area contributed by atoms with Crippen LogP contribution in [0.15, 0.2) is 24.3 Å². The van der Waals surface area contributed by atoms with Crippen LogP contribution in [0, 0.1) is 11.8 Å². The molecule has 0 aliphatic heterocycles.